The standard InChI is InChI=1S/C11H11N3O3S/c1-3-18-6-4-5(15)8-7(10(6)16)9(14-13-8)11(17)12-2/h4H,3H2,1-2H3,(H,12,17)(H,13,14). The topological polar surface area (TPSA) is 91.9 Å². The average Bonchev–Trinajstić information content (AvgIpc) is 2.80. The van der Waals surface area contributed by atoms with E-state index in [1.165, 1.54) is 24.9 Å². The van der Waals surface area contributed by atoms with Gasteiger partial charge in [-0.05, 0) is 5.75 Å². The Kier molecular flexibility index (Phi) is 3.33. The number of hydrogen-bond donors (Lipinski definition) is 2. The van der Waals surface area contributed by atoms with E-state index in [0.717, 1.165) is 0 Å². The van der Waals surface area contributed by atoms with Crippen LogP contribution in [0.5, 0.6) is 0 Å². The number of Topliss-reactive ketones (excluding diaryl/α,β-unsaturated/α-hetero) is 1. The number of carbonyl (C=O) groups is 3. The van der Waals surface area contributed by atoms with Crippen LogP contribution in [0.25, 0.3) is 0 Å². The van der Waals surface area contributed by atoms with Crippen LogP contribution in [0.1, 0.15) is 38.3 Å². The number of nitrogens with zero attached hydrogens (tertiary/aromatic N) is 1. The van der Waals surface area contributed by atoms with Gasteiger partial charge in [-0.2, -0.15) is 5.10 Å². The molecule has 0 spiro atoms. The second kappa shape index (κ2) is 4.77. The van der Waals surface area contributed by atoms with Gasteiger partial charge in [0.25, 0.3) is 5.91 Å². The van der Waals surface area contributed by atoms with E-state index in [2.05, 4.69) is 15.5 Å². The van der Waals surface area contributed by atoms with E-state index < -0.39 is 5.91 Å². The summed E-state index contributed by atoms with van der Waals surface area (Å²) < 4.78 is 0. The number of fused-ring (bicyclic) bond motifs is 1. The molecular formula is C11H11N3O3S. The van der Waals surface area contributed by atoms with Crippen LogP contribution in [0.15, 0.2) is 11.0 Å². The van der Waals surface area contributed by atoms with E-state index >= 15 is 0 Å². The maximum Gasteiger partial charge on any atom is 0.269 e. The van der Waals surface area contributed by atoms with Crippen LogP contribution >= 0.6 is 11.8 Å². The van der Waals surface area contributed by atoms with Gasteiger partial charge in [0.2, 0.25) is 11.6 Å². The Morgan fingerprint density at radius 1 is 1.50 bits per heavy atom. The minimum Gasteiger partial charge on any atom is -0.354 e. The van der Waals surface area contributed by atoms with Crippen molar-refractivity contribution in [2.45, 2.75) is 6.92 Å². The van der Waals surface area contributed by atoms with Gasteiger partial charge in [-0.1, -0.05) is 6.92 Å². The Morgan fingerprint density at radius 2 is 2.22 bits per heavy atom. The lowest BCUT2D eigenvalue weighted by molar-refractivity contribution is 0.0945. The third-order valence-electron chi connectivity index (χ3n) is 2.47. The summed E-state index contributed by atoms with van der Waals surface area (Å²) in [5.74, 6) is -0.476. The van der Waals surface area contributed by atoms with Gasteiger partial charge < -0.3 is 5.32 Å². The molecule has 6 nitrogen and oxygen atoms in total. The monoisotopic (exact) mass is 265 g/mol. The van der Waals surface area contributed by atoms with Crippen LogP contribution in [0, 0.1) is 0 Å². The van der Waals surface area contributed by atoms with Gasteiger partial charge in [-0.15, -0.1) is 11.8 Å². The van der Waals surface area contributed by atoms with Gasteiger partial charge in [0.1, 0.15) is 11.4 Å². The highest BCUT2D eigenvalue weighted by molar-refractivity contribution is 8.04. The predicted molar refractivity (Wildman–Crippen MR) is 66.9 cm³/mol. The molecule has 0 bridgehead atoms. The van der Waals surface area contributed by atoms with E-state index in [-0.39, 0.29) is 28.5 Å². The van der Waals surface area contributed by atoms with Crippen molar-refractivity contribution in [1.82, 2.24) is 15.5 Å². The molecule has 1 aliphatic carbocycles. The number of H-pyrrole nitrogens is 1. The lowest BCUT2D eigenvalue weighted by atomic mass is 9.99. The molecule has 1 aromatic rings. The SMILES string of the molecule is CCSC1=CC(=O)c2n[nH]c(C(=O)NC)c2C1=O. The summed E-state index contributed by atoms with van der Waals surface area (Å²) in [5, 5.41) is 8.59. The molecule has 1 heterocycles. The molecule has 1 amide bonds. The van der Waals surface area contributed by atoms with Crippen LogP contribution < -0.4 is 5.32 Å². The number of nitrogens with one attached hydrogen (secondary N) is 2. The number of aromatic nitrogens is 2. The first-order chi connectivity index (χ1) is 8.60. The number of carbonyl (C=O) groups excluding carboxylic acids is 3. The first-order valence-electron chi connectivity index (χ1n) is 5.34. The molecule has 0 radical (unpaired) electrons. The number of aromatic amines is 1. The number of hydrogen-bond acceptors (Lipinski definition) is 5. The zero-order valence-corrected chi connectivity index (χ0v) is 10.7. The van der Waals surface area contributed by atoms with Gasteiger partial charge in [0, 0.05) is 13.1 Å². The van der Waals surface area contributed by atoms with Crippen molar-refractivity contribution in [2.24, 2.45) is 0 Å². The second-order valence-electron chi connectivity index (χ2n) is 3.54. The fourth-order valence-corrected chi connectivity index (χ4v) is 2.40. The Balaban J connectivity index is 2.52. The van der Waals surface area contributed by atoms with Gasteiger partial charge in [0.05, 0.1) is 10.5 Å². The van der Waals surface area contributed by atoms with E-state index in [4.69, 9.17) is 0 Å². The molecular weight excluding hydrogens is 254 g/mol. The molecule has 18 heavy (non-hydrogen) atoms. The first kappa shape index (κ1) is 12.6. The summed E-state index contributed by atoms with van der Waals surface area (Å²) in [7, 11) is 1.45. The van der Waals surface area contributed by atoms with Gasteiger partial charge in [-0.3, -0.25) is 19.5 Å². The van der Waals surface area contributed by atoms with Crippen molar-refractivity contribution in [2.75, 3.05) is 12.8 Å². The molecule has 0 fully saturated rings. The smallest absolute Gasteiger partial charge is 0.269 e. The van der Waals surface area contributed by atoms with Crippen molar-refractivity contribution in [3.8, 4) is 0 Å². The summed E-state index contributed by atoms with van der Waals surface area (Å²) >= 11 is 1.28. The normalized spacial score (nSPS) is 14.2. The molecule has 0 saturated heterocycles. The lowest BCUT2D eigenvalue weighted by Crippen LogP contribution is -2.23. The van der Waals surface area contributed by atoms with Crippen molar-refractivity contribution < 1.29 is 14.4 Å². The molecule has 94 valence electrons. The zero-order chi connectivity index (χ0) is 13.3. The van der Waals surface area contributed by atoms with Crippen molar-refractivity contribution in [1.29, 1.82) is 0 Å². The number of ketones is 2. The van der Waals surface area contributed by atoms with Crippen molar-refractivity contribution in [3.63, 3.8) is 0 Å². The van der Waals surface area contributed by atoms with E-state index in [0.29, 0.717) is 10.7 Å². The highest BCUT2D eigenvalue weighted by Crippen LogP contribution is 2.28. The van der Waals surface area contributed by atoms with Crippen LogP contribution in [-0.4, -0.2) is 40.5 Å². The van der Waals surface area contributed by atoms with Crippen LogP contribution in [-0.2, 0) is 0 Å². The average molecular weight is 265 g/mol. The second-order valence-corrected chi connectivity index (χ2v) is 4.84. The Bertz CT molecular complexity index is 574. The largest absolute Gasteiger partial charge is 0.354 e. The van der Waals surface area contributed by atoms with Crippen molar-refractivity contribution >= 4 is 29.2 Å². The van der Waals surface area contributed by atoms with Gasteiger partial charge in [-0.25, -0.2) is 0 Å². The Labute approximate surface area is 107 Å². The molecule has 1 aliphatic rings. The summed E-state index contributed by atoms with van der Waals surface area (Å²) in [5.41, 5.74) is 0.116. The summed E-state index contributed by atoms with van der Waals surface area (Å²) in [6.45, 7) is 1.88. The molecule has 2 N–H and O–H groups in total. The fraction of sp³-hybridized carbons (Fsp3) is 0.273. The molecule has 0 aliphatic heterocycles. The predicted octanol–water partition coefficient (Wildman–Crippen LogP) is 0.785. The maximum absolute atomic E-state index is 12.2. The molecule has 7 heteroatoms. The third-order valence-corrected chi connectivity index (χ3v) is 3.37. The summed E-state index contributed by atoms with van der Waals surface area (Å²) in [6.07, 6.45) is 1.27. The van der Waals surface area contributed by atoms with Crippen LogP contribution in [0.4, 0.5) is 0 Å². The first-order valence-corrected chi connectivity index (χ1v) is 6.32. The quantitative estimate of drug-likeness (QED) is 0.842. The van der Waals surface area contributed by atoms with Crippen LogP contribution in [0.2, 0.25) is 0 Å². The highest BCUT2D eigenvalue weighted by Gasteiger charge is 2.33. The lowest BCUT2D eigenvalue weighted by Gasteiger charge is -2.10. The number of amides is 1. The van der Waals surface area contributed by atoms with E-state index in [1.807, 2.05) is 6.92 Å². The van der Waals surface area contributed by atoms with E-state index in [9.17, 15) is 14.4 Å². The number of rotatable bonds is 3. The number of thioether (sulfide) groups is 1. The summed E-state index contributed by atoms with van der Waals surface area (Å²) in [6, 6.07) is 0. The van der Waals surface area contributed by atoms with E-state index in [1.54, 1.807) is 0 Å². The van der Waals surface area contributed by atoms with Gasteiger partial charge in [0.15, 0.2) is 0 Å². The molecule has 2 rings (SSSR count). The Morgan fingerprint density at radius 3 is 2.83 bits per heavy atom. The van der Waals surface area contributed by atoms with Gasteiger partial charge >= 0.3 is 0 Å². The van der Waals surface area contributed by atoms with Crippen LogP contribution in [0.3, 0.4) is 0 Å². The third kappa shape index (κ3) is 1.86. The summed E-state index contributed by atoms with van der Waals surface area (Å²) in [4.78, 5) is 35.9. The maximum atomic E-state index is 12.2. The zero-order valence-electron chi connectivity index (χ0n) is 9.86. The molecule has 0 atom stereocenters. The minimum absolute atomic E-state index is 0.0130. The molecule has 0 unspecified atom stereocenters. The fourth-order valence-electron chi connectivity index (χ4n) is 1.67. The molecule has 0 saturated carbocycles. The molecule has 1 aromatic heterocycles. The minimum atomic E-state index is -0.465. The van der Waals surface area contributed by atoms with Crippen molar-refractivity contribution in [3.05, 3.63) is 27.9 Å². The highest BCUT2D eigenvalue weighted by atomic mass is 32.2. The number of allylic oxidation sites excluding steroid dienone is 2. The Hall–Kier alpha value is -1.89. The molecule has 0 aromatic carbocycles.